The Balaban J connectivity index is 2.00. The largest absolute Gasteiger partial charge is 0.337 e. The number of amides is 1. The van der Waals surface area contributed by atoms with Crippen LogP contribution in [-0.4, -0.2) is 34.8 Å². The third-order valence-electron chi connectivity index (χ3n) is 2.41. The van der Waals surface area contributed by atoms with Crippen LogP contribution in [-0.2, 0) is 0 Å². The van der Waals surface area contributed by atoms with Crippen LogP contribution in [0.3, 0.4) is 0 Å². The van der Waals surface area contributed by atoms with Gasteiger partial charge in [0.15, 0.2) is 0 Å². The summed E-state index contributed by atoms with van der Waals surface area (Å²) in [6.07, 6.45) is 1.63. The van der Waals surface area contributed by atoms with Crippen molar-refractivity contribution in [2.45, 2.75) is 0 Å². The van der Waals surface area contributed by atoms with Crippen LogP contribution < -0.4 is 0 Å². The molecule has 1 aromatic rings. The number of carbonyl (C=O) groups is 1. The van der Waals surface area contributed by atoms with Crippen LogP contribution in [0.1, 0.15) is 10.5 Å². The van der Waals surface area contributed by atoms with Crippen molar-refractivity contribution in [1.82, 2.24) is 9.88 Å². The SMILES string of the molecule is O=C(c1ccc(Br)cn1)N1CC(CCl)C1. The lowest BCUT2D eigenvalue weighted by molar-refractivity contribution is 0.0529. The normalized spacial score (nSPS) is 16.3. The minimum Gasteiger partial charge on any atom is -0.337 e. The van der Waals surface area contributed by atoms with E-state index in [4.69, 9.17) is 11.6 Å². The highest BCUT2D eigenvalue weighted by Crippen LogP contribution is 2.19. The molecule has 5 heteroatoms. The van der Waals surface area contributed by atoms with Gasteiger partial charge in [-0.05, 0) is 28.1 Å². The number of nitrogens with zero attached hydrogens (tertiary/aromatic N) is 2. The highest BCUT2D eigenvalue weighted by atomic mass is 79.9. The predicted octanol–water partition coefficient (Wildman–Crippen LogP) is 2.15. The predicted molar refractivity (Wildman–Crippen MR) is 62.1 cm³/mol. The molecule has 2 heterocycles. The molecule has 0 aliphatic carbocycles. The first-order valence-corrected chi connectivity index (χ1v) is 6.00. The topological polar surface area (TPSA) is 33.2 Å². The van der Waals surface area contributed by atoms with Crippen LogP contribution in [0.15, 0.2) is 22.8 Å². The van der Waals surface area contributed by atoms with Crippen molar-refractivity contribution in [2.24, 2.45) is 5.92 Å². The minimum absolute atomic E-state index is 0.0103. The van der Waals surface area contributed by atoms with Gasteiger partial charge in [0.2, 0.25) is 0 Å². The molecule has 1 aliphatic rings. The van der Waals surface area contributed by atoms with Gasteiger partial charge in [-0.1, -0.05) is 0 Å². The van der Waals surface area contributed by atoms with E-state index in [1.165, 1.54) is 0 Å². The van der Waals surface area contributed by atoms with E-state index in [1.807, 2.05) is 6.07 Å². The molecule has 1 saturated heterocycles. The zero-order valence-corrected chi connectivity index (χ0v) is 10.3. The molecule has 0 aromatic carbocycles. The first-order valence-electron chi connectivity index (χ1n) is 4.67. The Morgan fingerprint density at radius 3 is 2.87 bits per heavy atom. The maximum atomic E-state index is 11.8. The van der Waals surface area contributed by atoms with Gasteiger partial charge in [-0.25, -0.2) is 4.98 Å². The van der Waals surface area contributed by atoms with Crippen molar-refractivity contribution < 1.29 is 4.79 Å². The second-order valence-electron chi connectivity index (χ2n) is 3.59. The van der Waals surface area contributed by atoms with Crippen molar-refractivity contribution >= 4 is 33.4 Å². The van der Waals surface area contributed by atoms with Crippen molar-refractivity contribution in [3.05, 3.63) is 28.5 Å². The Morgan fingerprint density at radius 2 is 2.33 bits per heavy atom. The molecule has 0 saturated carbocycles. The average Bonchev–Trinajstić information content (AvgIpc) is 2.17. The lowest BCUT2D eigenvalue weighted by Gasteiger charge is -2.37. The highest BCUT2D eigenvalue weighted by molar-refractivity contribution is 9.10. The van der Waals surface area contributed by atoms with Crippen molar-refractivity contribution in [3.8, 4) is 0 Å². The lowest BCUT2D eigenvalue weighted by Crippen LogP contribution is -2.50. The fourth-order valence-corrected chi connectivity index (χ4v) is 1.93. The van der Waals surface area contributed by atoms with Gasteiger partial charge in [0, 0.05) is 35.6 Å². The summed E-state index contributed by atoms with van der Waals surface area (Å²) >= 11 is 8.96. The standard InChI is InChI=1S/C10H10BrClN2O/c11-8-1-2-9(13-4-8)10(15)14-5-7(3-12)6-14/h1-2,4,7H,3,5-6H2. The molecule has 1 fully saturated rings. The molecule has 1 aliphatic heterocycles. The van der Waals surface area contributed by atoms with Gasteiger partial charge in [-0.2, -0.15) is 0 Å². The average molecular weight is 290 g/mol. The van der Waals surface area contributed by atoms with Gasteiger partial charge in [0.25, 0.3) is 5.91 Å². The van der Waals surface area contributed by atoms with Crippen LogP contribution >= 0.6 is 27.5 Å². The van der Waals surface area contributed by atoms with Crippen molar-refractivity contribution in [1.29, 1.82) is 0 Å². The van der Waals surface area contributed by atoms with Crippen LogP contribution in [0.25, 0.3) is 0 Å². The second-order valence-corrected chi connectivity index (χ2v) is 4.82. The number of alkyl halides is 1. The molecule has 0 bridgehead atoms. The van der Waals surface area contributed by atoms with E-state index in [0.29, 0.717) is 17.5 Å². The molecule has 0 unspecified atom stereocenters. The molecule has 2 rings (SSSR count). The van der Waals surface area contributed by atoms with E-state index in [2.05, 4.69) is 20.9 Å². The smallest absolute Gasteiger partial charge is 0.272 e. The molecule has 0 radical (unpaired) electrons. The Bertz CT molecular complexity index is 362. The van der Waals surface area contributed by atoms with Gasteiger partial charge in [-0.3, -0.25) is 4.79 Å². The van der Waals surface area contributed by atoms with Crippen molar-refractivity contribution in [2.75, 3.05) is 19.0 Å². The Morgan fingerprint density at radius 1 is 1.60 bits per heavy atom. The van der Waals surface area contributed by atoms with E-state index in [1.54, 1.807) is 17.2 Å². The second kappa shape index (κ2) is 4.49. The summed E-state index contributed by atoms with van der Waals surface area (Å²) in [5.74, 6) is 1.06. The molecular weight excluding hydrogens is 279 g/mol. The van der Waals surface area contributed by atoms with Gasteiger partial charge in [0.1, 0.15) is 5.69 Å². The lowest BCUT2D eigenvalue weighted by atomic mass is 10.0. The first kappa shape index (κ1) is 10.9. The van der Waals surface area contributed by atoms with Crippen molar-refractivity contribution in [3.63, 3.8) is 0 Å². The number of halogens is 2. The van der Waals surface area contributed by atoms with E-state index in [-0.39, 0.29) is 5.91 Å². The summed E-state index contributed by atoms with van der Waals surface area (Å²) in [6.45, 7) is 1.50. The third kappa shape index (κ3) is 2.32. The van der Waals surface area contributed by atoms with Crippen LogP contribution in [0.5, 0.6) is 0 Å². The molecule has 0 spiro atoms. The Kier molecular flexibility index (Phi) is 3.26. The number of likely N-dealkylation sites (tertiary alicyclic amines) is 1. The first-order chi connectivity index (χ1) is 7.20. The number of hydrogen-bond acceptors (Lipinski definition) is 2. The molecule has 0 N–H and O–H groups in total. The molecule has 3 nitrogen and oxygen atoms in total. The summed E-state index contributed by atoms with van der Waals surface area (Å²) in [7, 11) is 0. The third-order valence-corrected chi connectivity index (χ3v) is 3.31. The molecule has 1 aromatic heterocycles. The summed E-state index contributed by atoms with van der Waals surface area (Å²) < 4.78 is 0.876. The molecule has 1 amide bonds. The van der Waals surface area contributed by atoms with Crippen LogP contribution in [0.2, 0.25) is 0 Å². The molecule has 0 atom stereocenters. The number of rotatable bonds is 2. The summed E-state index contributed by atoms with van der Waals surface area (Å²) in [5, 5.41) is 0. The summed E-state index contributed by atoms with van der Waals surface area (Å²) in [4.78, 5) is 17.6. The summed E-state index contributed by atoms with van der Waals surface area (Å²) in [5.41, 5.74) is 0.492. The molecule has 80 valence electrons. The van der Waals surface area contributed by atoms with E-state index in [9.17, 15) is 4.79 Å². The maximum Gasteiger partial charge on any atom is 0.272 e. The number of aromatic nitrogens is 1. The highest BCUT2D eigenvalue weighted by Gasteiger charge is 2.30. The minimum atomic E-state index is -0.0103. The van der Waals surface area contributed by atoms with Crippen LogP contribution in [0.4, 0.5) is 0 Å². The van der Waals surface area contributed by atoms with Gasteiger partial charge < -0.3 is 4.90 Å². The zero-order chi connectivity index (χ0) is 10.8. The Labute approximate surface area is 102 Å². The van der Waals surface area contributed by atoms with Crippen LogP contribution in [0, 0.1) is 5.92 Å². The van der Waals surface area contributed by atoms with Gasteiger partial charge in [-0.15, -0.1) is 11.6 Å². The number of hydrogen-bond donors (Lipinski definition) is 0. The maximum absolute atomic E-state index is 11.8. The monoisotopic (exact) mass is 288 g/mol. The number of pyridine rings is 1. The van der Waals surface area contributed by atoms with E-state index in [0.717, 1.165) is 17.6 Å². The molecule has 15 heavy (non-hydrogen) atoms. The van der Waals surface area contributed by atoms with E-state index >= 15 is 0 Å². The number of carbonyl (C=O) groups excluding carboxylic acids is 1. The molecular formula is C10H10BrClN2O. The van der Waals surface area contributed by atoms with Gasteiger partial charge >= 0.3 is 0 Å². The Hall–Kier alpha value is -0.610. The van der Waals surface area contributed by atoms with Gasteiger partial charge in [0.05, 0.1) is 0 Å². The fourth-order valence-electron chi connectivity index (χ4n) is 1.50. The van der Waals surface area contributed by atoms with E-state index < -0.39 is 0 Å². The quantitative estimate of drug-likeness (QED) is 0.782. The summed E-state index contributed by atoms with van der Waals surface area (Å²) in [6, 6.07) is 3.54. The zero-order valence-electron chi connectivity index (χ0n) is 7.99. The fraction of sp³-hybridized carbons (Fsp3) is 0.400.